The number of nitrogens with one attached hydrogen (secondary N) is 2. The molecule has 0 radical (unpaired) electrons. The van der Waals surface area contributed by atoms with Gasteiger partial charge in [-0.2, -0.15) is 5.10 Å². The highest BCUT2D eigenvalue weighted by molar-refractivity contribution is 7.88. The highest BCUT2D eigenvalue weighted by Gasteiger charge is 2.19. The third kappa shape index (κ3) is 3.51. The van der Waals surface area contributed by atoms with Gasteiger partial charge in [0.1, 0.15) is 9.71 Å². The Morgan fingerprint density at radius 1 is 1.27 bits per heavy atom. The molecule has 0 spiro atoms. The van der Waals surface area contributed by atoms with E-state index in [9.17, 15) is 13.2 Å². The van der Waals surface area contributed by atoms with E-state index < -0.39 is 10.0 Å². The number of aromatic nitrogens is 2. The van der Waals surface area contributed by atoms with Gasteiger partial charge in [-0.3, -0.25) is 4.79 Å². The van der Waals surface area contributed by atoms with E-state index in [2.05, 4.69) is 20.2 Å². The fraction of sp³-hybridized carbons (Fsp3) is 0.417. The van der Waals surface area contributed by atoms with Crippen LogP contribution in [-0.4, -0.2) is 43.9 Å². The molecule has 0 aromatic carbocycles. The van der Waals surface area contributed by atoms with Gasteiger partial charge >= 0.3 is 0 Å². The van der Waals surface area contributed by atoms with Crippen molar-refractivity contribution in [3.63, 3.8) is 0 Å². The lowest BCUT2D eigenvalue weighted by molar-refractivity contribution is 0.0959. The average Bonchev–Trinajstić information content (AvgIpc) is 2.76. The van der Waals surface area contributed by atoms with Gasteiger partial charge in [-0.15, -0.1) is 16.4 Å². The van der Waals surface area contributed by atoms with Gasteiger partial charge in [0, 0.05) is 18.5 Å². The molecular weight excluding hydrogens is 326 g/mol. The van der Waals surface area contributed by atoms with Crippen LogP contribution in [0.5, 0.6) is 0 Å². The zero-order valence-electron chi connectivity index (χ0n) is 12.4. The molecule has 0 saturated heterocycles. The molecule has 0 unspecified atom stereocenters. The van der Waals surface area contributed by atoms with E-state index in [1.54, 1.807) is 0 Å². The first-order chi connectivity index (χ1) is 10.2. The van der Waals surface area contributed by atoms with Gasteiger partial charge in [-0.25, -0.2) is 13.1 Å². The summed E-state index contributed by atoms with van der Waals surface area (Å²) >= 11 is 1.17. The maximum absolute atomic E-state index is 12.1. The third-order valence-electron chi connectivity index (χ3n) is 3.12. The molecule has 22 heavy (non-hydrogen) atoms. The van der Waals surface area contributed by atoms with Crippen LogP contribution in [0.15, 0.2) is 0 Å². The Morgan fingerprint density at radius 3 is 2.59 bits per heavy atom. The number of nitrogens with two attached hydrogens (primary N) is 1. The second-order valence-corrected chi connectivity index (χ2v) is 7.69. The zero-order valence-corrected chi connectivity index (χ0v) is 14.1. The van der Waals surface area contributed by atoms with Gasteiger partial charge in [0.15, 0.2) is 0 Å². The van der Waals surface area contributed by atoms with Crippen LogP contribution in [0, 0.1) is 13.8 Å². The van der Waals surface area contributed by atoms with Crippen molar-refractivity contribution in [3.8, 4) is 0 Å². The molecule has 2 heterocycles. The summed E-state index contributed by atoms with van der Waals surface area (Å²) in [6, 6.07) is 0. The second kappa shape index (κ2) is 6.15. The van der Waals surface area contributed by atoms with Crippen LogP contribution in [0.3, 0.4) is 0 Å². The summed E-state index contributed by atoms with van der Waals surface area (Å²) in [7, 11) is -3.27. The topological polar surface area (TPSA) is 127 Å². The third-order valence-corrected chi connectivity index (χ3v) is 4.93. The van der Waals surface area contributed by atoms with Crippen molar-refractivity contribution < 1.29 is 13.2 Å². The van der Waals surface area contributed by atoms with Gasteiger partial charge in [0.25, 0.3) is 5.91 Å². The van der Waals surface area contributed by atoms with Crippen LogP contribution in [0.25, 0.3) is 10.2 Å². The molecule has 0 aliphatic rings. The Balaban J connectivity index is 2.15. The lowest BCUT2D eigenvalue weighted by Crippen LogP contribution is -2.34. The van der Waals surface area contributed by atoms with Crippen LogP contribution >= 0.6 is 11.3 Å². The first-order valence-electron chi connectivity index (χ1n) is 6.45. The number of hydrogen-bond donors (Lipinski definition) is 3. The molecule has 1 amide bonds. The van der Waals surface area contributed by atoms with E-state index in [1.165, 1.54) is 11.3 Å². The predicted molar refractivity (Wildman–Crippen MR) is 86.5 cm³/mol. The Hall–Kier alpha value is -1.78. The van der Waals surface area contributed by atoms with Crippen molar-refractivity contribution in [2.24, 2.45) is 0 Å². The van der Waals surface area contributed by atoms with Crippen molar-refractivity contribution in [2.75, 3.05) is 25.1 Å². The number of nitrogen functional groups attached to an aromatic ring is 1. The summed E-state index contributed by atoms with van der Waals surface area (Å²) in [4.78, 5) is 13.1. The maximum Gasteiger partial charge on any atom is 0.263 e. The normalized spacial score (nSPS) is 11.8. The zero-order chi connectivity index (χ0) is 16.5. The Bertz CT molecular complexity index is 829. The molecular formula is C12H17N5O3S2. The minimum absolute atomic E-state index is 0.118. The molecule has 0 fully saturated rings. The van der Waals surface area contributed by atoms with Gasteiger partial charge in [0.2, 0.25) is 10.0 Å². The summed E-state index contributed by atoms with van der Waals surface area (Å²) in [5, 5.41) is 11.4. The standard InChI is InChI=1S/C12H17N5O3S2/c1-6-7(2)16-17-12-8(6)9(13)10(21-12)11(18)14-4-5-15-22(3,19)20/h15H,4-5,13H2,1-3H3,(H,14,18). The van der Waals surface area contributed by atoms with Crippen LogP contribution in [0.1, 0.15) is 20.9 Å². The number of thiophene rings is 1. The number of nitrogens with zero attached hydrogens (tertiary/aromatic N) is 2. The van der Waals surface area contributed by atoms with Crippen LogP contribution in [-0.2, 0) is 10.0 Å². The van der Waals surface area contributed by atoms with Crippen molar-refractivity contribution in [1.29, 1.82) is 0 Å². The fourth-order valence-electron chi connectivity index (χ4n) is 1.90. The number of sulfonamides is 1. The van der Waals surface area contributed by atoms with Crippen LogP contribution < -0.4 is 15.8 Å². The quantitative estimate of drug-likeness (QED) is 0.664. The summed E-state index contributed by atoms with van der Waals surface area (Å²) in [5.74, 6) is -0.354. The Morgan fingerprint density at radius 2 is 1.95 bits per heavy atom. The van der Waals surface area contributed by atoms with Crippen molar-refractivity contribution in [2.45, 2.75) is 13.8 Å². The van der Waals surface area contributed by atoms with Gasteiger partial charge in [-0.1, -0.05) is 0 Å². The fourth-order valence-corrected chi connectivity index (χ4v) is 3.39. The van der Waals surface area contributed by atoms with Crippen molar-refractivity contribution in [1.82, 2.24) is 20.2 Å². The van der Waals surface area contributed by atoms with Crippen LogP contribution in [0.4, 0.5) is 5.69 Å². The monoisotopic (exact) mass is 343 g/mol. The number of anilines is 1. The number of fused-ring (bicyclic) bond motifs is 1. The summed E-state index contributed by atoms with van der Waals surface area (Å²) in [6.45, 7) is 4.00. The Kier molecular flexibility index (Phi) is 4.63. The van der Waals surface area contributed by atoms with E-state index in [0.717, 1.165) is 22.9 Å². The number of carbonyl (C=O) groups excluding carboxylic acids is 1. The van der Waals surface area contributed by atoms with Gasteiger partial charge in [-0.05, 0) is 19.4 Å². The first-order valence-corrected chi connectivity index (χ1v) is 9.16. The summed E-state index contributed by atoms with van der Waals surface area (Å²) in [6.07, 6.45) is 1.06. The highest BCUT2D eigenvalue weighted by atomic mass is 32.2. The lowest BCUT2D eigenvalue weighted by atomic mass is 10.1. The van der Waals surface area contributed by atoms with E-state index >= 15 is 0 Å². The van der Waals surface area contributed by atoms with Crippen molar-refractivity contribution >= 4 is 43.2 Å². The molecule has 4 N–H and O–H groups in total. The lowest BCUT2D eigenvalue weighted by Gasteiger charge is -2.05. The SMILES string of the molecule is Cc1nnc2sc(C(=O)NCCNS(C)(=O)=O)c(N)c2c1C. The number of amides is 1. The number of aryl methyl sites for hydroxylation is 2. The highest BCUT2D eigenvalue weighted by Crippen LogP contribution is 2.34. The summed E-state index contributed by atoms with van der Waals surface area (Å²) in [5.41, 5.74) is 8.10. The van der Waals surface area contributed by atoms with E-state index in [4.69, 9.17) is 5.73 Å². The molecule has 8 nitrogen and oxygen atoms in total. The predicted octanol–water partition coefficient (Wildman–Crippen LogP) is 0.169. The molecule has 120 valence electrons. The first kappa shape index (κ1) is 16.6. The molecule has 0 atom stereocenters. The number of rotatable bonds is 5. The van der Waals surface area contributed by atoms with E-state index in [1.807, 2.05) is 13.8 Å². The minimum atomic E-state index is -3.27. The van der Waals surface area contributed by atoms with Crippen molar-refractivity contribution in [3.05, 3.63) is 16.1 Å². The molecule has 10 heteroatoms. The largest absolute Gasteiger partial charge is 0.397 e. The maximum atomic E-state index is 12.1. The summed E-state index contributed by atoms with van der Waals surface area (Å²) < 4.78 is 24.2. The van der Waals surface area contributed by atoms with E-state index in [-0.39, 0.29) is 19.0 Å². The molecule has 0 aliphatic heterocycles. The minimum Gasteiger partial charge on any atom is -0.397 e. The molecule has 0 saturated carbocycles. The number of carbonyl (C=O) groups is 1. The molecule has 2 rings (SSSR count). The molecule has 2 aromatic rings. The van der Waals surface area contributed by atoms with E-state index in [0.29, 0.717) is 15.4 Å². The second-order valence-electron chi connectivity index (χ2n) is 4.86. The molecule has 2 aromatic heterocycles. The molecule has 0 bridgehead atoms. The Labute approximate surface area is 132 Å². The van der Waals surface area contributed by atoms with Gasteiger partial charge in [0.05, 0.1) is 17.6 Å². The smallest absolute Gasteiger partial charge is 0.263 e. The molecule has 0 aliphatic carbocycles. The number of hydrogen-bond acceptors (Lipinski definition) is 7. The average molecular weight is 343 g/mol. The van der Waals surface area contributed by atoms with Crippen LogP contribution in [0.2, 0.25) is 0 Å². The van der Waals surface area contributed by atoms with Gasteiger partial charge < -0.3 is 11.1 Å².